The molecule has 7 heteroatoms. The summed E-state index contributed by atoms with van der Waals surface area (Å²) < 4.78 is 10.6. The maximum atomic E-state index is 12.3. The second-order valence-corrected chi connectivity index (χ2v) is 8.12. The van der Waals surface area contributed by atoms with E-state index >= 15 is 0 Å². The Balaban J connectivity index is 1.29. The minimum atomic E-state index is -1.21. The molecule has 0 saturated heterocycles. The topological polar surface area (TPSA) is 112 Å². The Hall–Kier alpha value is -3.86. The Labute approximate surface area is 198 Å². The average Bonchev–Trinajstić information content (AvgIpc) is 3.20. The number of aliphatic hydroxyl groups excluding tert-OH is 2. The smallest absolute Gasteiger partial charge is 0.407 e. The fraction of sp³-hybridized carbons (Fsp3) is 0.259. The minimum absolute atomic E-state index is 0.0324. The van der Waals surface area contributed by atoms with Crippen molar-refractivity contribution in [3.05, 3.63) is 89.0 Å². The molecule has 1 aliphatic carbocycles. The Morgan fingerprint density at radius 1 is 1.06 bits per heavy atom. The van der Waals surface area contributed by atoms with Gasteiger partial charge in [0, 0.05) is 12.5 Å². The van der Waals surface area contributed by atoms with Crippen LogP contribution in [0.25, 0.3) is 11.1 Å². The van der Waals surface area contributed by atoms with Gasteiger partial charge in [-0.3, -0.25) is 0 Å². The molecule has 0 heterocycles. The molecule has 2 unspecified atom stereocenters. The lowest BCUT2D eigenvalue weighted by Gasteiger charge is -2.19. The summed E-state index contributed by atoms with van der Waals surface area (Å²) in [6.07, 6.45) is -2.81. The van der Waals surface area contributed by atoms with Crippen molar-refractivity contribution in [3.8, 4) is 22.9 Å². The van der Waals surface area contributed by atoms with Crippen molar-refractivity contribution in [2.24, 2.45) is 0 Å². The highest BCUT2D eigenvalue weighted by Crippen LogP contribution is 2.44. The lowest BCUT2D eigenvalue weighted by Crippen LogP contribution is -2.30. The van der Waals surface area contributed by atoms with Gasteiger partial charge in [-0.05, 0) is 46.4 Å². The fourth-order valence-electron chi connectivity index (χ4n) is 4.35. The Kier molecular flexibility index (Phi) is 7.12. The van der Waals surface area contributed by atoms with Crippen LogP contribution in [0.5, 0.6) is 5.75 Å². The van der Waals surface area contributed by atoms with Crippen molar-refractivity contribution in [1.82, 2.24) is 5.32 Å². The van der Waals surface area contributed by atoms with Crippen molar-refractivity contribution in [3.63, 3.8) is 0 Å². The standard InChI is InChI=1S/C27H26N2O5/c1-33-25-11-10-17(14-18(25)15-28)26(31)24(30)12-13-29-27(32)34-16-23-21-8-4-2-6-19(21)20-7-3-5-9-22(20)23/h2-11,14,23-24,26,30-31H,12-13,16H2,1H3,(H,29,32). The molecule has 0 saturated carbocycles. The highest BCUT2D eigenvalue weighted by Gasteiger charge is 2.29. The van der Waals surface area contributed by atoms with Crippen molar-refractivity contribution in [2.45, 2.75) is 24.5 Å². The second kappa shape index (κ2) is 10.4. The normalized spacial score (nSPS) is 13.8. The van der Waals surface area contributed by atoms with Crippen LogP contribution < -0.4 is 10.1 Å². The molecule has 1 aliphatic rings. The van der Waals surface area contributed by atoms with Gasteiger partial charge in [0.2, 0.25) is 0 Å². The van der Waals surface area contributed by atoms with Gasteiger partial charge in [-0.2, -0.15) is 5.26 Å². The van der Waals surface area contributed by atoms with E-state index in [-0.39, 0.29) is 31.1 Å². The number of hydrogen-bond acceptors (Lipinski definition) is 6. The molecule has 174 valence electrons. The Bertz CT molecular complexity index is 1170. The largest absolute Gasteiger partial charge is 0.495 e. The zero-order chi connectivity index (χ0) is 24.1. The molecule has 2 atom stereocenters. The number of nitriles is 1. The van der Waals surface area contributed by atoms with E-state index in [0.29, 0.717) is 11.3 Å². The number of fused-ring (bicyclic) bond motifs is 3. The highest BCUT2D eigenvalue weighted by atomic mass is 16.5. The molecule has 3 aromatic carbocycles. The highest BCUT2D eigenvalue weighted by molar-refractivity contribution is 5.79. The molecule has 0 aromatic heterocycles. The first kappa shape index (κ1) is 23.3. The van der Waals surface area contributed by atoms with Crippen LogP contribution in [-0.4, -0.2) is 42.7 Å². The molecule has 0 fully saturated rings. The summed E-state index contributed by atoms with van der Waals surface area (Å²) in [5.41, 5.74) is 5.23. The van der Waals surface area contributed by atoms with Gasteiger partial charge < -0.3 is 25.0 Å². The van der Waals surface area contributed by atoms with Crippen LogP contribution in [0, 0.1) is 11.3 Å². The zero-order valence-corrected chi connectivity index (χ0v) is 18.8. The second-order valence-electron chi connectivity index (χ2n) is 8.12. The van der Waals surface area contributed by atoms with Gasteiger partial charge in [0.25, 0.3) is 0 Å². The molecule has 3 aromatic rings. The van der Waals surface area contributed by atoms with Crippen LogP contribution in [0.4, 0.5) is 4.79 Å². The predicted octanol–water partition coefficient (Wildman–Crippen LogP) is 3.89. The van der Waals surface area contributed by atoms with Crippen molar-refractivity contribution < 1.29 is 24.5 Å². The maximum absolute atomic E-state index is 12.3. The number of methoxy groups -OCH3 is 1. The van der Waals surface area contributed by atoms with E-state index in [1.54, 1.807) is 12.1 Å². The van der Waals surface area contributed by atoms with Crippen LogP contribution in [0.2, 0.25) is 0 Å². The third-order valence-electron chi connectivity index (χ3n) is 6.10. The molecule has 3 N–H and O–H groups in total. The molecule has 0 bridgehead atoms. The number of ether oxygens (including phenoxy) is 2. The first-order valence-corrected chi connectivity index (χ1v) is 11.1. The molecular formula is C27H26N2O5. The van der Waals surface area contributed by atoms with Crippen molar-refractivity contribution >= 4 is 6.09 Å². The molecule has 7 nitrogen and oxygen atoms in total. The molecule has 0 aliphatic heterocycles. The first-order valence-electron chi connectivity index (χ1n) is 11.1. The number of benzene rings is 3. The predicted molar refractivity (Wildman–Crippen MR) is 126 cm³/mol. The summed E-state index contributed by atoms with van der Waals surface area (Å²) >= 11 is 0. The molecule has 0 spiro atoms. The lowest BCUT2D eigenvalue weighted by atomic mass is 9.98. The number of rotatable bonds is 8. The van der Waals surface area contributed by atoms with Crippen LogP contribution in [0.1, 0.15) is 40.7 Å². The summed E-state index contributed by atoms with van der Waals surface area (Å²) in [5.74, 6) is 0.361. The van der Waals surface area contributed by atoms with Crippen LogP contribution >= 0.6 is 0 Å². The molecule has 1 amide bonds. The number of aliphatic hydroxyl groups is 2. The van der Waals surface area contributed by atoms with Crippen LogP contribution in [-0.2, 0) is 4.74 Å². The van der Waals surface area contributed by atoms with Crippen molar-refractivity contribution in [2.75, 3.05) is 20.3 Å². The summed E-state index contributed by atoms with van der Waals surface area (Å²) in [7, 11) is 1.45. The van der Waals surface area contributed by atoms with Gasteiger partial charge >= 0.3 is 6.09 Å². The lowest BCUT2D eigenvalue weighted by molar-refractivity contribution is 0.0136. The van der Waals surface area contributed by atoms with E-state index in [1.807, 2.05) is 30.3 Å². The number of alkyl carbamates (subject to hydrolysis) is 1. The van der Waals surface area contributed by atoms with E-state index in [9.17, 15) is 20.3 Å². The molecule has 0 radical (unpaired) electrons. The quantitative estimate of drug-likeness (QED) is 0.472. The van der Waals surface area contributed by atoms with Gasteiger partial charge in [0.15, 0.2) is 0 Å². The fourth-order valence-corrected chi connectivity index (χ4v) is 4.35. The SMILES string of the molecule is COc1ccc(C(O)C(O)CCNC(=O)OCC2c3ccccc3-c3ccccc32)cc1C#N. The van der Waals surface area contributed by atoms with E-state index in [1.165, 1.54) is 13.2 Å². The van der Waals surface area contributed by atoms with Crippen LogP contribution in [0.3, 0.4) is 0 Å². The van der Waals surface area contributed by atoms with Gasteiger partial charge in [0.1, 0.15) is 24.5 Å². The number of hydrogen-bond donors (Lipinski definition) is 3. The summed E-state index contributed by atoms with van der Waals surface area (Å²) in [6.45, 7) is 0.323. The number of amides is 1. The van der Waals surface area contributed by atoms with Gasteiger partial charge in [0.05, 0.1) is 18.8 Å². The summed E-state index contributed by atoms with van der Waals surface area (Å²) in [4.78, 5) is 12.3. The number of carbonyl (C=O) groups excluding carboxylic acids is 1. The number of nitrogens with zero attached hydrogens (tertiary/aromatic N) is 1. The van der Waals surface area contributed by atoms with E-state index in [2.05, 4.69) is 29.6 Å². The van der Waals surface area contributed by atoms with Crippen LogP contribution in [0.15, 0.2) is 66.7 Å². The third kappa shape index (κ3) is 4.74. The summed E-state index contributed by atoms with van der Waals surface area (Å²) in [6, 6.07) is 22.8. The Morgan fingerprint density at radius 3 is 2.32 bits per heavy atom. The van der Waals surface area contributed by atoms with Gasteiger partial charge in [-0.25, -0.2) is 4.79 Å². The van der Waals surface area contributed by atoms with Crippen molar-refractivity contribution in [1.29, 1.82) is 5.26 Å². The maximum Gasteiger partial charge on any atom is 0.407 e. The van der Waals surface area contributed by atoms with E-state index in [0.717, 1.165) is 22.3 Å². The number of carbonyl (C=O) groups is 1. The monoisotopic (exact) mass is 458 g/mol. The zero-order valence-electron chi connectivity index (χ0n) is 18.8. The molecule has 4 rings (SSSR count). The number of nitrogens with one attached hydrogen (secondary N) is 1. The minimum Gasteiger partial charge on any atom is -0.495 e. The van der Waals surface area contributed by atoms with E-state index < -0.39 is 18.3 Å². The summed E-state index contributed by atoms with van der Waals surface area (Å²) in [5, 5.41) is 32.6. The van der Waals surface area contributed by atoms with Gasteiger partial charge in [-0.15, -0.1) is 0 Å². The third-order valence-corrected chi connectivity index (χ3v) is 6.10. The molecule has 34 heavy (non-hydrogen) atoms. The average molecular weight is 459 g/mol. The van der Waals surface area contributed by atoms with E-state index in [4.69, 9.17) is 9.47 Å². The Morgan fingerprint density at radius 2 is 1.71 bits per heavy atom. The molecular weight excluding hydrogens is 432 g/mol. The van der Waals surface area contributed by atoms with Gasteiger partial charge in [-0.1, -0.05) is 54.6 Å². The first-order chi connectivity index (χ1) is 16.5.